The van der Waals surface area contributed by atoms with E-state index in [-0.39, 0.29) is 5.91 Å². The molecule has 1 N–H and O–H groups in total. The van der Waals surface area contributed by atoms with Gasteiger partial charge in [0.15, 0.2) is 11.9 Å². The van der Waals surface area contributed by atoms with Crippen LogP contribution in [0.5, 0.6) is 11.5 Å². The summed E-state index contributed by atoms with van der Waals surface area (Å²) in [6, 6.07) is 8.63. The number of anilines is 1. The van der Waals surface area contributed by atoms with Gasteiger partial charge in [0.2, 0.25) is 0 Å². The van der Waals surface area contributed by atoms with E-state index < -0.39 is 6.10 Å². The van der Waals surface area contributed by atoms with Crippen LogP contribution in [0.1, 0.15) is 13.3 Å². The fourth-order valence-corrected chi connectivity index (χ4v) is 1.62. The zero-order chi connectivity index (χ0) is 14.4. The summed E-state index contributed by atoms with van der Waals surface area (Å²) in [6.45, 7) is 1.87. The topological polar surface area (TPSA) is 73.6 Å². The summed E-state index contributed by atoms with van der Waals surface area (Å²) in [5.41, 5.74) is 0. The van der Waals surface area contributed by atoms with Gasteiger partial charge in [-0.15, -0.1) is 0 Å². The number of nitrogens with one attached hydrogen (secondary N) is 1. The minimum Gasteiger partial charge on any atom is -0.497 e. The number of carbonyl (C=O) groups is 1. The van der Waals surface area contributed by atoms with Crippen LogP contribution in [0.2, 0.25) is 0 Å². The van der Waals surface area contributed by atoms with Crippen molar-refractivity contribution in [3.8, 4) is 11.5 Å². The maximum atomic E-state index is 12.0. The predicted octanol–water partition coefficient (Wildman–Crippen LogP) is 2.48. The average molecular weight is 276 g/mol. The maximum Gasteiger partial charge on any atom is 0.266 e. The number of hydrogen-bond acceptors (Lipinski definition) is 5. The number of ether oxygens (including phenoxy) is 2. The summed E-state index contributed by atoms with van der Waals surface area (Å²) < 4.78 is 15.4. The van der Waals surface area contributed by atoms with Crippen LogP contribution < -0.4 is 14.8 Å². The van der Waals surface area contributed by atoms with Gasteiger partial charge < -0.3 is 19.3 Å². The van der Waals surface area contributed by atoms with E-state index in [1.807, 2.05) is 6.92 Å². The summed E-state index contributed by atoms with van der Waals surface area (Å²) >= 11 is 0. The molecule has 0 aliphatic heterocycles. The molecule has 6 heteroatoms. The van der Waals surface area contributed by atoms with Gasteiger partial charge in [0.05, 0.1) is 7.11 Å². The van der Waals surface area contributed by atoms with Crippen LogP contribution in [0.15, 0.2) is 41.1 Å². The lowest BCUT2D eigenvalue weighted by Crippen LogP contribution is -2.32. The highest BCUT2D eigenvalue weighted by molar-refractivity contribution is 5.93. The van der Waals surface area contributed by atoms with Crippen LogP contribution in [-0.2, 0) is 4.79 Å². The first-order valence-electron chi connectivity index (χ1n) is 6.25. The van der Waals surface area contributed by atoms with Crippen molar-refractivity contribution >= 4 is 11.7 Å². The molecule has 2 aromatic rings. The minimum atomic E-state index is -0.597. The second-order valence-electron chi connectivity index (χ2n) is 4.06. The molecule has 1 heterocycles. The quantitative estimate of drug-likeness (QED) is 0.877. The van der Waals surface area contributed by atoms with Crippen LogP contribution in [0.25, 0.3) is 0 Å². The van der Waals surface area contributed by atoms with Crippen molar-refractivity contribution < 1.29 is 18.8 Å². The Kier molecular flexibility index (Phi) is 4.60. The Hall–Kier alpha value is -2.50. The molecule has 1 aromatic carbocycles. The number of carbonyl (C=O) groups excluding carboxylic acids is 1. The molecule has 106 valence electrons. The number of nitrogens with zero attached hydrogens (tertiary/aromatic N) is 1. The Labute approximate surface area is 116 Å². The summed E-state index contributed by atoms with van der Waals surface area (Å²) in [7, 11) is 1.59. The van der Waals surface area contributed by atoms with E-state index in [4.69, 9.17) is 9.47 Å². The monoisotopic (exact) mass is 276 g/mol. The highest BCUT2D eigenvalue weighted by Gasteiger charge is 2.19. The molecule has 2 rings (SSSR count). The van der Waals surface area contributed by atoms with Crippen molar-refractivity contribution in [1.82, 2.24) is 5.16 Å². The van der Waals surface area contributed by atoms with Crippen LogP contribution in [0.3, 0.4) is 0 Å². The largest absolute Gasteiger partial charge is 0.497 e. The second-order valence-corrected chi connectivity index (χ2v) is 4.06. The first-order chi connectivity index (χ1) is 9.72. The van der Waals surface area contributed by atoms with Crippen molar-refractivity contribution in [3.63, 3.8) is 0 Å². The van der Waals surface area contributed by atoms with Gasteiger partial charge in [-0.3, -0.25) is 4.79 Å². The van der Waals surface area contributed by atoms with Crippen molar-refractivity contribution in [3.05, 3.63) is 36.6 Å². The average Bonchev–Trinajstić information content (AvgIpc) is 2.98. The Balaban J connectivity index is 1.98. The number of amides is 1. The first kappa shape index (κ1) is 13.9. The second kappa shape index (κ2) is 6.60. The molecule has 1 aromatic heterocycles. The zero-order valence-corrected chi connectivity index (χ0v) is 11.3. The molecule has 6 nitrogen and oxygen atoms in total. The molecule has 0 aliphatic rings. The van der Waals surface area contributed by atoms with Gasteiger partial charge in [-0.25, -0.2) is 0 Å². The third-order valence-electron chi connectivity index (χ3n) is 2.69. The third kappa shape index (κ3) is 3.50. The number of rotatable bonds is 6. The van der Waals surface area contributed by atoms with Crippen molar-refractivity contribution in [2.45, 2.75) is 19.4 Å². The zero-order valence-electron chi connectivity index (χ0n) is 11.3. The highest BCUT2D eigenvalue weighted by Crippen LogP contribution is 2.19. The van der Waals surface area contributed by atoms with Gasteiger partial charge in [0.1, 0.15) is 17.8 Å². The molecule has 1 amide bonds. The molecule has 0 radical (unpaired) electrons. The summed E-state index contributed by atoms with van der Waals surface area (Å²) in [6.07, 6.45) is 1.33. The van der Waals surface area contributed by atoms with Crippen molar-refractivity contribution in [2.24, 2.45) is 0 Å². The van der Waals surface area contributed by atoms with Crippen LogP contribution >= 0.6 is 0 Å². The molecule has 0 bridgehead atoms. The van der Waals surface area contributed by atoms with Gasteiger partial charge >= 0.3 is 0 Å². The number of hydrogen-bond donors (Lipinski definition) is 1. The van der Waals surface area contributed by atoms with E-state index in [0.717, 1.165) is 5.75 Å². The number of methoxy groups -OCH3 is 1. The molecule has 0 saturated carbocycles. The molecule has 0 fully saturated rings. The molecule has 1 atom stereocenters. The predicted molar refractivity (Wildman–Crippen MR) is 72.8 cm³/mol. The van der Waals surface area contributed by atoms with Gasteiger partial charge in [-0.1, -0.05) is 12.1 Å². The SMILES string of the molecule is CC[C@@H](Oc1ccc(OC)cc1)C(=O)Nc1ccon1. The van der Waals surface area contributed by atoms with Gasteiger partial charge in [-0.2, -0.15) is 0 Å². The summed E-state index contributed by atoms with van der Waals surface area (Å²) in [4.78, 5) is 12.0. The Morgan fingerprint density at radius 3 is 2.55 bits per heavy atom. The lowest BCUT2D eigenvalue weighted by Gasteiger charge is -2.16. The molecular formula is C14H16N2O4. The maximum absolute atomic E-state index is 12.0. The van der Waals surface area contributed by atoms with Crippen LogP contribution in [0, 0.1) is 0 Å². The van der Waals surface area contributed by atoms with Crippen molar-refractivity contribution in [1.29, 1.82) is 0 Å². The van der Waals surface area contributed by atoms with Crippen LogP contribution in [0.4, 0.5) is 5.82 Å². The Morgan fingerprint density at radius 2 is 2.00 bits per heavy atom. The third-order valence-corrected chi connectivity index (χ3v) is 2.69. The van der Waals surface area contributed by atoms with Gasteiger partial charge in [0.25, 0.3) is 5.91 Å². The number of aromatic nitrogens is 1. The Bertz CT molecular complexity index is 537. The van der Waals surface area contributed by atoms with Crippen molar-refractivity contribution in [2.75, 3.05) is 12.4 Å². The Morgan fingerprint density at radius 1 is 1.30 bits per heavy atom. The molecule has 0 unspecified atom stereocenters. The fourth-order valence-electron chi connectivity index (χ4n) is 1.62. The molecule has 0 saturated heterocycles. The van der Waals surface area contributed by atoms with E-state index >= 15 is 0 Å². The summed E-state index contributed by atoms with van der Waals surface area (Å²) in [5, 5.41) is 6.25. The smallest absolute Gasteiger partial charge is 0.266 e. The standard InChI is InChI=1S/C14H16N2O4/c1-3-12(14(17)15-13-8-9-19-16-13)20-11-6-4-10(18-2)5-7-11/h4-9,12H,3H2,1-2H3,(H,15,16,17)/t12-/m1/s1. The molecule has 20 heavy (non-hydrogen) atoms. The van der Waals surface area contributed by atoms with E-state index in [1.54, 1.807) is 37.4 Å². The van der Waals surface area contributed by atoms with E-state index in [1.165, 1.54) is 6.26 Å². The number of benzene rings is 1. The normalized spacial score (nSPS) is 11.7. The molecule has 0 aliphatic carbocycles. The molecular weight excluding hydrogens is 260 g/mol. The van der Waals surface area contributed by atoms with Crippen LogP contribution in [-0.4, -0.2) is 24.3 Å². The fraction of sp³-hybridized carbons (Fsp3) is 0.286. The van der Waals surface area contributed by atoms with Gasteiger partial charge in [-0.05, 0) is 30.7 Å². The minimum absolute atomic E-state index is 0.266. The summed E-state index contributed by atoms with van der Waals surface area (Å²) in [5.74, 6) is 1.44. The van der Waals surface area contributed by atoms with E-state index in [0.29, 0.717) is 18.0 Å². The van der Waals surface area contributed by atoms with E-state index in [9.17, 15) is 4.79 Å². The highest BCUT2D eigenvalue weighted by atomic mass is 16.5. The lowest BCUT2D eigenvalue weighted by atomic mass is 10.2. The first-order valence-corrected chi connectivity index (χ1v) is 6.25. The van der Waals surface area contributed by atoms with Gasteiger partial charge in [0, 0.05) is 6.07 Å². The molecule has 0 spiro atoms. The van der Waals surface area contributed by atoms with E-state index in [2.05, 4.69) is 15.0 Å². The lowest BCUT2D eigenvalue weighted by molar-refractivity contribution is -0.122.